The van der Waals surface area contributed by atoms with Gasteiger partial charge in [-0.25, -0.2) is 0 Å². The van der Waals surface area contributed by atoms with Crippen LogP contribution in [0, 0.1) is 6.92 Å². The van der Waals surface area contributed by atoms with Gasteiger partial charge < -0.3 is 19.6 Å². The number of benzene rings is 1. The molecule has 0 aliphatic carbocycles. The van der Waals surface area contributed by atoms with E-state index in [1.54, 1.807) is 37.3 Å². The number of rotatable bonds is 4. The Bertz CT molecular complexity index is 794. The van der Waals surface area contributed by atoms with Crippen LogP contribution in [0.1, 0.15) is 48.2 Å². The fourth-order valence-electron chi connectivity index (χ4n) is 2.16. The van der Waals surface area contributed by atoms with Crippen molar-refractivity contribution >= 4 is 23.6 Å². The van der Waals surface area contributed by atoms with Crippen molar-refractivity contribution in [3.8, 4) is 0 Å². The molecule has 1 aromatic carbocycles. The average molecular weight is 326 g/mol. The fraction of sp³-hybridized carbons (Fsp3) is 0.263. The van der Waals surface area contributed by atoms with Crippen molar-refractivity contribution in [2.75, 3.05) is 5.32 Å². The highest BCUT2D eigenvalue weighted by molar-refractivity contribution is 6.05. The first-order valence-electron chi connectivity index (χ1n) is 7.58. The maximum atomic E-state index is 12.5. The lowest BCUT2D eigenvalue weighted by atomic mass is 9.93. The van der Waals surface area contributed by atoms with Gasteiger partial charge in [0.1, 0.15) is 11.5 Å². The Morgan fingerprint density at radius 3 is 2.50 bits per heavy atom. The minimum Gasteiger partial charge on any atom is -0.545 e. The van der Waals surface area contributed by atoms with E-state index in [-0.39, 0.29) is 11.3 Å². The summed E-state index contributed by atoms with van der Waals surface area (Å²) in [5, 5.41) is 13.3. The molecule has 0 spiro atoms. The molecule has 1 N–H and O–H groups in total. The van der Waals surface area contributed by atoms with E-state index < -0.39 is 5.97 Å². The lowest BCUT2D eigenvalue weighted by molar-refractivity contribution is -0.297. The molecule has 1 aromatic heterocycles. The molecule has 1 heterocycles. The SMILES string of the molecule is Cc1oc(C(C)(C)C)cc1C(=O)Nc1cccc(/C=C\C(=O)[O-])c1. The van der Waals surface area contributed by atoms with E-state index in [0.29, 0.717) is 22.6 Å². The second kappa shape index (κ2) is 6.74. The van der Waals surface area contributed by atoms with Gasteiger partial charge in [0.05, 0.1) is 11.5 Å². The molecule has 0 fully saturated rings. The molecule has 2 aromatic rings. The number of aryl methyl sites for hydroxylation is 1. The summed E-state index contributed by atoms with van der Waals surface area (Å²) < 4.78 is 5.68. The molecular formula is C19H20NO4-. The first kappa shape index (κ1) is 17.5. The number of carboxylic acids is 1. The quantitative estimate of drug-likeness (QED) is 0.876. The molecule has 0 saturated carbocycles. The average Bonchev–Trinajstić information content (AvgIpc) is 2.88. The summed E-state index contributed by atoms with van der Waals surface area (Å²) in [6.45, 7) is 7.80. The van der Waals surface area contributed by atoms with Crippen molar-refractivity contribution in [3.63, 3.8) is 0 Å². The number of amides is 1. The van der Waals surface area contributed by atoms with Crippen LogP contribution in [0.5, 0.6) is 0 Å². The van der Waals surface area contributed by atoms with Crippen LogP contribution < -0.4 is 10.4 Å². The summed E-state index contributed by atoms with van der Waals surface area (Å²) in [6.07, 6.45) is 2.35. The molecule has 5 nitrogen and oxygen atoms in total. The maximum Gasteiger partial charge on any atom is 0.259 e. The van der Waals surface area contributed by atoms with E-state index in [0.717, 1.165) is 11.8 Å². The summed E-state index contributed by atoms with van der Waals surface area (Å²) in [5.41, 5.74) is 1.52. The number of anilines is 1. The van der Waals surface area contributed by atoms with Crippen molar-refractivity contribution in [1.29, 1.82) is 0 Å². The number of aliphatic carboxylic acids is 1. The molecule has 0 bridgehead atoms. The molecule has 24 heavy (non-hydrogen) atoms. The molecular weight excluding hydrogens is 306 g/mol. The van der Waals surface area contributed by atoms with Gasteiger partial charge in [-0.05, 0) is 36.8 Å². The zero-order valence-electron chi connectivity index (χ0n) is 14.2. The van der Waals surface area contributed by atoms with Gasteiger partial charge in [0.2, 0.25) is 0 Å². The van der Waals surface area contributed by atoms with E-state index in [2.05, 4.69) is 5.32 Å². The van der Waals surface area contributed by atoms with E-state index in [4.69, 9.17) is 4.42 Å². The minimum absolute atomic E-state index is 0.182. The number of carbonyl (C=O) groups excluding carboxylic acids is 2. The number of nitrogens with one attached hydrogen (secondary N) is 1. The van der Waals surface area contributed by atoms with Gasteiger partial charge in [-0.2, -0.15) is 0 Å². The normalized spacial score (nSPS) is 11.7. The fourth-order valence-corrected chi connectivity index (χ4v) is 2.16. The lowest BCUT2D eigenvalue weighted by Gasteiger charge is -2.13. The molecule has 0 radical (unpaired) electrons. The van der Waals surface area contributed by atoms with Crippen molar-refractivity contribution in [1.82, 2.24) is 0 Å². The van der Waals surface area contributed by atoms with Crippen LogP contribution in [0.25, 0.3) is 6.08 Å². The van der Waals surface area contributed by atoms with Gasteiger partial charge in [-0.3, -0.25) is 4.79 Å². The number of hydrogen-bond donors (Lipinski definition) is 1. The summed E-state index contributed by atoms with van der Waals surface area (Å²) in [6, 6.07) is 8.62. The Balaban J connectivity index is 2.20. The first-order chi connectivity index (χ1) is 11.2. The zero-order chi connectivity index (χ0) is 17.9. The van der Waals surface area contributed by atoms with Crippen molar-refractivity contribution in [2.45, 2.75) is 33.1 Å². The van der Waals surface area contributed by atoms with Crippen LogP contribution in [0.4, 0.5) is 5.69 Å². The molecule has 5 heteroatoms. The standard InChI is InChI=1S/C19H21NO4/c1-12-15(11-16(24-12)19(2,3)4)18(23)20-14-7-5-6-13(10-14)8-9-17(21)22/h5-11H,1-4H3,(H,20,23)(H,21,22)/p-1/b9-8-. The number of furan rings is 1. The summed E-state index contributed by atoms with van der Waals surface area (Å²) in [4.78, 5) is 22.9. The van der Waals surface area contributed by atoms with Crippen LogP contribution in [0.2, 0.25) is 0 Å². The summed E-state index contributed by atoms with van der Waals surface area (Å²) in [7, 11) is 0. The molecule has 1 amide bonds. The van der Waals surface area contributed by atoms with Gasteiger partial charge in [0.15, 0.2) is 0 Å². The van der Waals surface area contributed by atoms with Crippen LogP contribution in [-0.2, 0) is 10.2 Å². The van der Waals surface area contributed by atoms with E-state index in [1.807, 2.05) is 20.8 Å². The van der Waals surface area contributed by atoms with Crippen molar-refractivity contribution < 1.29 is 19.1 Å². The van der Waals surface area contributed by atoms with Gasteiger partial charge >= 0.3 is 0 Å². The number of hydrogen-bond acceptors (Lipinski definition) is 4. The summed E-state index contributed by atoms with van der Waals surface area (Å²) in [5.74, 6) is -0.234. The topological polar surface area (TPSA) is 82.4 Å². The lowest BCUT2D eigenvalue weighted by Crippen LogP contribution is -2.18. The van der Waals surface area contributed by atoms with E-state index >= 15 is 0 Å². The maximum absolute atomic E-state index is 12.5. The minimum atomic E-state index is -1.27. The van der Waals surface area contributed by atoms with Crippen LogP contribution in [0.15, 0.2) is 40.8 Å². The molecule has 0 unspecified atom stereocenters. The van der Waals surface area contributed by atoms with Gasteiger partial charge in [0, 0.05) is 11.1 Å². The molecule has 126 valence electrons. The van der Waals surface area contributed by atoms with Crippen LogP contribution in [-0.4, -0.2) is 11.9 Å². The smallest absolute Gasteiger partial charge is 0.259 e. The third-order valence-electron chi connectivity index (χ3n) is 3.46. The van der Waals surface area contributed by atoms with Crippen LogP contribution >= 0.6 is 0 Å². The van der Waals surface area contributed by atoms with Crippen LogP contribution in [0.3, 0.4) is 0 Å². The molecule has 0 aliphatic rings. The predicted octanol–water partition coefficient (Wildman–Crippen LogP) is 2.90. The Morgan fingerprint density at radius 1 is 1.21 bits per heavy atom. The van der Waals surface area contributed by atoms with E-state index in [1.165, 1.54) is 6.08 Å². The number of carbonyl (C=O) groups is 2. The second-order valence-corrected chi connectivity index (χ2v) is 6.56. The molecule has 0 aliphatic heterocycles. The molecule has 0 atom stereocenters. The number of carboxylic acid groups (broad SMARTS) is 1. The van der Waals surface area contributed by atoms with E-state index in [9.17, 15) is 14.7 Å². The van der Waals surface area contributed by atoms with Crippen molar-refractivity contribution in [3.05, 3.63) is 59.1 Å². The zero-order valence-corrected chi connectivity index (χ0v) is 14.2. The largest absolute Gasteiger partial charge is 0.545 e. The summed E-state index contributed by atoms with van der Waals surface area (Å²) >= 11 is 0. The second-order valence-electron chi connectivity index (χ2n) is 6.56. The Morgan fingerprint density at radius 2 is 1.92 bits per heavy atom. The van der Waals surface area contributed by atoms with Crippen molar-refractivity contribution in [2.24, 2.45) is 0 Å². The first-order valence-corrected chi connectivity index (χ1v) is 7.58. The Hall–Kier alpha value is -2.82. The monoisotopic (exact) mass is 326 g/mol. The Labute approximate surface area is 141 Å². The molecule has 0 saturated heterocycles. The highest BCUT2D eigenvalue weighted by atomic mass is 16.4. The third-order valence-corrected chi connectivity index (χ3v) is 3.46. The predicted molar refractivity (Wildman–Crippen MR) is 90.6 cm³/mol. The third kappa shape index (κ3) is 4.35. The van der Waals surface area contributed by atoms with Gasteiger partial charge in [0.25, 0.3) is 5.91 Å². The molecule has 2 rings (SSSR count). The highest BCUT2D eigenvalue weighted by Gasteiger charge is 2.23. The van der Waals surface area contributed by atoms with Gasteiger partial charge in [-0.1, -0.05) is 39.0 Å². The Kier molecular flexibility index (Phi) is 4.93. The van der Waals surface area contributed by atoms with Gasteiger partial charge in [-0.15, -0.1) is 0 Å². The highest BCUT2D eigenvalue weighted by Crippen LogP contribution is 2.27.